The second-order valence-corrected chi connectivity index (χ2v) is 7.57. The van der Waals surface area contributed by atoms with Crippen LogP contribution in [0.1, 0.15) is 22.3 Å². The lowest BCUT2D eigenvalue weighted by Gasteiger charge is -2.27. The predicted octanol–water partition coefficient (Wildman–Crippen LogP) is 3.56. The van der Waals surface area contributed by atoms with Gasteiger partial charge in [0.1, 0.15) is 6.04 Å². The molecule has 0 saturated carbocycles. The van der Waals surface area contributed by atoms with E-state index < -0.39 is 6.04 Å². The quantitative estimate of drug-likeness (QED) is 0.379. The summed E-state index contributed by atoms with van der Waals surface area (Å²) in [5.74, 6) is -0.966. The monoisotopic (exact) mass is 474 g/mol. The highest BCUT2D eigenvalue weighted by molar-refractivity contribution is 14.1. The van der Waals surface area contributed by atoms with Crippen molar-refractivity contribution >= 4 is 46.0 Å². The molecule has 1 aliphatic heterocycles. The number of halogens is 1. The third-order valence-electron chi connectivity index (χ3n) is 4.55. The Balaban J connectivity index is 1.92. The number of anilines is 1. The lowest BCUT2D eigenvalue weighted by atomic mass is 10.1. The highest BCUT2D eigenvalue weighted by Gasteiger charge is 2.44. The number of rotatable bonds is 5. The van der Waals surface area contributed by atoms with Gasteiger partial charge in [-0.05, 0) is 65.4 Å². The molecule has 1 heterocycles. The fourth-order valence-corrected chi connectivity index (χ4v) is 3.54. The Labute approximate surface area is 171 Å². The number of hydrogen-bond donors (Lipinski definition) is 0. The maximum atomic E-state index is 13.1. The first-order valence-electron chi connectivity index (χ1n) is 8.54. The second-order valence-electron chi connectivity index (χ2n) is 6.32. The summed E-state index contributed by atoms with van der Waals surface area (Å²) < 4.78 is 1.01. The fraction of sp³-hybridized carbons (Fsp3) is 0.190. The van der Waals surface area contributed by atoms with Crippen LogP contribution < -0.4 is 4.90 Å². The standard InChI is InChI=1S/C21H19IN2O3/c1-3-12-23(20(26)17-7-5-4-6-14(17)2)18-13-19(25)24(21(18)27)16-10-8-15(22)9-11-16/h3-11,18H,1,12-13H2,2H3. The third kappa shape index (κ3) is 3.80. The number of carbonyl (C=O) groups is 3. The molecule has 0 radical (unpaired) electrons. The molecule has 0 N–H and O–H groups in total. The van der Waals surface area contributed by atoms with Crippen molar-refractivity contribution in [3.05, 3.63) is 75.9 Å². The fourth-order valence-electron chi connectivity index (χ4n) is 3.18. The summed E-state index contributed by atoms with van der Waals surface area (Å²) in [7, 11) is 0. The molecule has 0 aliphatic carbocycles. The second kappa shape index (κ2) is 8.04. The first-order valence-corrected chi connectivity index (χ1v) is 9.61. The maximum Gasteiger partial charge on any atom is 0.257 e. The summed E-state index contributed by atoms with van der Waals surface area (Å²) in [6.45, 7) is 5.73. The summed E-state index contributed by atoms with van der Waals surface area (Å²) in [4.78, 5) is 41.2. The van der Waals surface area contributed by atoms with E-state index >= 15 is 0 Å². The zero-order chi connectivity index (χ0) is 19.6. The van der Waals surface area contributed by atoms with Gasteiger partial charge >= 0.3 is 0 Å². The van der Waals surface area contributed by atoms with Gasteiger partial charge in [-0.1, -0.05) is 24.3 Å². The smallest absolute Gasteiger partial charge is 0.257 e. The molecule has 1 unspecified atom stereocenters. The van der Waals surface area contributed by atoms with Crippen molar-refractivity contribution in [3.63, 3.8) is 0 Å². The number of benzene rings is 2. The zero-order valence-corrected chi connectivity index (χ0v) is 17.0. The van der Waals surface area contributed by atoms with E-state index in [1.165, 1.54) is 9.80 Å². The van der Waals surface area contributed by atoms with Crippen molar-refractivity contribution in [2.75, 3.05) is 11.4 Å². The van der Waals surface area contributed by atoms with E-state index in [1.807, 2.05) is 31.2 Å². The van der Waals surface area contributed by atoms with Crippen molar-refractivity contribution in [3.8, 4) is 0 Å². The van der Waals surface area contributed by atoms with Crippen molar-refractivity contribution in [2.24, 2.45) is 0 Å². The minimum atomic E-state index is -0.832. The lowest BCUT2D eigenvalue weighted by Crippen LogP contribution is -2.45. The molecule has 3 amide bonds. The van der Waals surface area contributed by atoms with Crippen LogP contribution in [-0.4, -0.2) is 35.2 Å². The van der Waals surface area contributed by atoms with E-state index in [0.29, 0.717) is 11.3 Å². The van der Waals surface area contributed by atoms with E-state index in [4.69, 9.17) is 0 Å². The van der Waals surface area contributed by atoms with Gasteiger partial charge in [0.05, 0.1) is 12.1 Å². The van der Waals surface area contributed by atoms with Crippen LogP contribution in [0.25, 0.3) is 0 Å². The molecule has 5 nitrogen and oxygen atoms in total. The van der Waals surface area contributed by atoms with Gasteiger partial charge < -0.3 is 4.90 Å². The number of hydrogen-bond acceptors (Lipinski definition) is 3. The molecule has 0 spiro atoms. The van der Waals surface area contributed by atoms with Crippen molar-refractivity contribution in [1.82, 2.24) is 4.90 Å². The Hall–Kier alpha value is -2.48. The van der Waals surface area contributed by atoms with Gasteiger partial charge in [-0.3, -0.25) is 14.4 Å². The molecule has 2 aromatic carbocycles. The number of nitrogens with zero attached hydrogens (tertiary/aromatic N) is 2. The Bertz CT molecular complexity index is 908. The van der Waals surface area contributed by atoms with Gasteiger partial charge in [0, 0.05) is 15.7 Å². The summed E-state index contributed by atoms with van der Waals surface area (Å²) >= 11 is 2.16. The Morgan fingerprint density at radius 2 is 1.89 bits per heavy atom. The maximum absolute atomic E-state index is 13.1. The molecular formula is C21H19IN2O3. The molecule has 6 heteroatoms. The number of carbonyl (C=O) groups excluding carboxylic acids is 3. The number of imide groups is 1. The molecule has 3 rings (SSSR count). The number of amides is 3. The van der Waals surface area contributed by atoms with Crippen LogP contribution in [0, 0.1) is 10.5 Å². The number of aryl methyl sites for hydroxylation is 1. The van der Waals surface area contributed by atoms with Crippen LogP contribution in [0.4, 0.5) is 5.69 Å². The highest BCUT2D eigenvalue weighted by atomic mass is 127. The van der Waals surface area contributed by atoms with Crippen LogP contribution >= 0.6 is 22.6 Å². The summed E-state index contributed by atoms with van der Waals surface area (Å²) in [5.41, 5.74) is 1.87. The summed E-state index contributed by atoms with van der Waals surface area (Å²) in [5, 5.41) is 0. The van der Waals surface area contributed by atoms with E-state index in [1.54, 1.807) is 30.3 Å². The van der Waals surface area contributed by atoms with Crippen LogP contribution in [-0.2, 0) is 9.59 Å². The molecule has 1 fully saturated rings. The minimum Gasteiger partial charge on any atom is -0.322 e. The predicted molar refractivity (Wildman–Crippen MR) is 112 cm³/mol. The first kappa shape index (κ1) is 19.3. The van der Waals surface area contributed by atoms with E-state index in [2.05, 4.69) is 29.2 Å². The summed E-state index contributed by atoms with van der Waals surface area (Å²) in [6.07, 6.45) is 1.54. The van der Waals surface area contributed by atoms with E-state index in [0.717, 1.165) is 9.13 Å². The molecule has 2 aromatic rings. The molecule has 1 aliphatic rings. The molecule has 27 heavy (non-hydrogen) atoms. The SMILES string of the molecule is C=CCN(C(=O)c1ccccc1C)C1CC(=O)N(c2ccc(I)cc2)C1=O. The largest absolute Gasteiger partial charge is 0.322 e. The van der Waals surface area contributed by atoms with E-state index in [-0.39, 0.29) is 30.7 Å². The Morgan fingerprint density at radius 3 is 2.52 bits per heavy atom. The molecule has 0 aromatic heterocycles. The van der Waals surface area contributed by atoms with Crippen LogP contribution in [0.15, 0.2) is 61.2 Å². The van der Waals surface area contributed by atoms with Crippen molar-refractivity contribution in [1.29, 1.82) is 0 Å². The van der Waals surface area contributed by atoms with Gasteiger partial charge in [-0.25, -0.2) is 4.90 Å². The van der Waals surface area contributed by atoms with Gasteiger partial charge in [0.25, 0.3) is 11.8 Å². The molecule has 138 valence electrons. The molecular weight excluding hydrogens is 455 g/mol. The van der Waals surface area contributed by atoms with Crippen molar-refractivity contribution < 1.29 is 14.4 Å². The highest BCUT2D eigenvalue weighted by Crippen LogP contribution is 2.27. The van der Waals surface area contributed by atoms with Gasteiger partial charge in [0.15, 0.2) is 0 Å². The normalized spacial score (nSPS) is 16.5. The van der Waals surface area contributed by atoms with E-state index in [9.17, 15) is 14.4 Å². The van der Waals surface area contributed by atoms with Crippen LogP contribution in [0.3, 0.4) is 0 Å². The molecule has 0 bridgehead atoms. The lowest BCUT2D eigenvalue weighted by molar-refractivity contribution is -0.122. The minimum absolute atomic E-state index is 0.0315. The average molecular weight is 474 g/mol. The van der Waals surface area contributed by atoms with Crippen molar-refractivity contribution in [2.45, 2.75) is 19.4 Å². The van der Waals surface area contributed by atoms with Gasteiger partial charge in [-0.15, -0.1) is 6.58 Å². The Kier molecular flexibility index (Phi) is 5.74. The van der Waals surface area contributed by atoms with Gasteiger partial charge in [0.2, 0.25) is 5.91 Å². The Morgan fingerprint density at radius 1 is 1.22 bits per heavy atom. The van der Waals surface area contributed by atoms with Crippen LogP contribution in [0.5, 0.6) is 0 Å². The third-order valence-corrected chi connectivity index (χ3v) is 5.27. The topological polar surface area (TPSA) is 57.7 Å². The van der Waals surface area contributed by atoms with Gasteiger partial charge in [-0.2, -0.15) is 0 Å². The molecule has 1 atom stereocenters. The summed E-state index contributed by atoms with van der Waals surface area (Å²) in [6, 6.07) is 13.5. The molecule has 1 saturated heterocycles. The van der Waals surface area contributed by atoms with Crippen LogP contribution in [0.2, 0.25) is 0 Å². The first-order chi connectivity index (χ1) is 12.9. The zero-order valence-electron chi connectivity index (χ0n) is 14.9. The average Bonchev–Trinajstić information content (AvgIpc) is 2.94.